The lowest BCUT2D eigenvalue weighted by atomic mass is 10.1. The number of hydrogen-bond donors (Lipinski definition) is 0. The minimum Gasteiger partial charge on any atom is -0.328 e. The number of benzene rings is 2. The van der Waals surface area contributed by atoms with Crippen molar-refractivity contribution in [3.63, 3.8) is 0 Å². The highest BCUT2D eigenvalue weighted by Gasteiger charge is 2.29. The molecule has 0 bridgehead atoms. The molecule has 0 spiro atoms. The van der Waals surface area contributed by atoms with Gasteiger partial charge in [-0.15, -0.1) is 11.3 Å². The second-order valence-corrected chi connectivity index (χ2v) is 9.35. The molecular weight excluding hydrogens is 442 g/mol. The highest BCUT2D eigenvalue weighted by molar-refractivity contribution is 7.12. The first kappa shape index (κ1) is 23.9. The number of carbonyl (C=O) groups is 1. The van der Waals surface area contributed by atoms with Gasteiger partial charge >= 0.3 is 0 Å². The molecule has 2 aromatic heterocycles. The predicted octanol–water partition coefficient (Wildman–Crippen LogP) is 6.40. The number of unbranched alkanes of at least 4 members (excludes halogenated alkanes) is 1. The van der Waals surface area contributed by atoms with Crippen molar-refractivity contribution in [2.45, 2.75) is 52.5 Å². The summed E-state index contributed by atoms with van der Waals surface area (Å²) in [6.45, 7) is 6.90. The average molecular weight is 474 g/mol. The summed E-state index contributed by atoms with van der Waals surface area (Å²) in [6, 6.07) is 18.9. The zero-order chi connectivity index (χ0) is 24.1. The number of nitrogens with zero attached hydrogens (tertiary/aromatic N) is 3. The van der Waals surface area contributed by atoms with E-state index in [1.54, 1.807) is 4.57 Å². The van der Waals surface area contributed by atoms with Gasteiger partial charge in [-0.25, -0.2) is 4.98 Å². The fraction of sp³-hybridized carbons (Fsp3) is 0.321. The molecule has 0 aliphatic rings. The van der Waals surface area contributed by atoms with Crippen molar-refractivity contribution < 1.29 is 4.79 Å². The predicted molar refractivity (Wildman–Crippen MR) is 140 cm³/mol. The molecule has 0 radical (unpaired) electrons. The molecule has 6 heteroatoms. The number of aromatic nitrogens is 2. The summed E-state index contributed by atoms with van der Waals surface area (Å²) in [6.07, 6.45) is 3.44. The Hall–Kier alpha value is -3.25. The number of carbonyl (C=O) groups excluding carboxylic acids is 1. The van der Waals surface area contributed by atoms with E-state index in [1.807, 2.05) is 70.9 Å². The van der Waals surface area contributed by atoms with Gasteiger partial charge in [0.2, 0.25) is 0 Å². The number of thiophene rings is 1. The van der Waals surface area contributed by atoms with Gasteiger partial charge in [0, 0.05) is 6.54 Å². The molecule has 4 aromatic rings. The fourth-order valence-electron chi connectivity index (χ4n) is 4.32. The molecule has 1 amide bonds. The van der Waals surface area contributed by atoms with Crippen LogP contribution in [-0.4, -0.2) is 26.9 Å². The Morgan fingerprint density at radius 2 is 1.79 bits per heavy atom. The van der Waals surface area contributed by atoms with Gasteiger partial charge in [0.1, 0.15) is 5.82 Å². The standard InChI is InChI=1S/C28H31N3O2S/c1-4-7-18-30(28(33)25-13-10-19-34-25)24(6-3)26-29-23-12-9-8-11-22(23)27(32)31(26)21-16-14-20(5-2)15-17-21/h8-17,19,24H,4-7,18H2,1-3H3. The Morgan fingerprint density at radius 3 is 2.44 bits per heavy atom. The first-order valence-electron chi connectivity index (χ1n) is 12.0. The molecule has 1 unspecified atom stereocenters. The lowest BCUT2D eigenvalue weighted by Crippen LogP contribution is -2.39. The quantitative estimate of drug-likeness (QED) is 0.282. The lowest BCUT2D eigenvalue weighted by Gasteiger charge is -2.32. The van der Waals surface area contributed by atoms with Gasteiger partial charge < -0.3 is 4.90 Å². The van der Waals surface area contributed by atoms with Crippen LogP contribution in [0.5, 0.6) is 0 Å². The van der Waals surface area contributed by atoms with E-state index in [2.05, 4.69) is 20.8 Å². The molecule has 2 aromatic carbocycles. The summed E-state index contributed by atoms with van der Waals surface area (Å²) in [5, 5.41) is 2.50. The van der Waals surface area contributed by atoms with E-state index in [0.29, 0.717) is 34.6 Å². The molecule has 0 aliphatic carbocycles. The van der Waals surface area contributed by atoms with Crippen LogP contribution in [0.1, 0.15) is 67.1 Å². The number of fused-ring (bicyclic) bond motifs is 1. The number of hydrogen-bond acceptors (Lipinski definition) is 4. The topological polar surface area (TPSA) is 55.2 Å². The second kappa shape index (κ2) is 10.8. The summed E-state index contributed by atoms with van der Waals surface area (Å²) in [4.78, 5) is 35.0. The number of rotatable bonds is 9. The molecule has 1 atom stereocenters. The maximum Gasteiger partial charge on any atom is 0.266 e. The molecule has 5 nitrogen and oxygen atoms in total. The van der Waals surface area contributed by atoms with Crippen molar-refractivity contribution in [3.05, 3.63) is 92.7 Å². The van der Waals surface area contributed by atoms with Crippen LogP contribution >= 0.6 is 11.3 Å². The maximum absolute atomic E-state index is 13.8. The van der Waals surface area contributed by atoms with Crippen LogP contribution in [0.25, 0.3) is 16.6 Å². The van der Waals surface area contributed by atoms with Gasteiger partial charge in [0.05, 0.1) is 27.5 Å². The molecular formula is C28H31N3O2S. The van der Waals surface area contributed by atoms with Crippen molar-refractivity contribution in [2.24, 2.45) is 0 Å². The Bertz CT molecular complexity index is 1310. The van der Waals surface area contributed by atoms with E-state index in [9.17, 15) is 9.59 Å². The van der Waals surface area contributed by atoms with Gasteiger partial charge in [0.25, 0.3) is 11.5 Å². The minimum absolute atomic E-state index is 0.00871. The summed E-state index contributed by atoms with van der Waals surface area (Å²) >= 11 is 1.45. The number of amides is 1. The second-order valence-electron chi connectivity index (χ2n) is 8.40. The Balaban J connectivity index is 1.93. The van der Waals surface area contributed by atoms with E-state index in [-0.39, 0.29) is 17.5 Å². The summed E-state index contributed by atoms with van der Waals surface area (Å²) < 4.78 is 1.70. The van der Waals surface area contributed by atoms with E-state index < -0.39 is 0 Å². The van der Waals surface area contributed by atoms with Crippen molar-refractivity contribution in [1.29, 1.82) is 0 Å². The van der Waals surface area contributed by atoms with E-state index >= 15 is 0 Å². The van der Waals surface area contributed by atoms with Gasteiger partial charge in [-0.2, -0.15) is 0 Å². The zero-order valence-electron chi connectivity index (χ0n) is 20.0. The third kappa shape index (κ3) is 4.68. The van der Waals surface area contributed by atoms with Crippen LogP contribution in [0.4, 0.5) is 0 Å². The number of para-hydroxylation sites is 1. The SMILES string of the molecule is CCCCN(C(=O)c1cccs1)C(CC)c1nc2ccccc2c(=O)n1-c1ccc(CC)cc1. The third-order valence-electron chi connectivity index (χ3n) is 6.21. The molecule has 0 saturated carbocycles. The highest BCUT2D eigenvalue weighted by Crippen LogP contribution is 2.29. The molecule has 2 heterocycles. The average Bonchev–Trinajstić information content (AvgIpc) is 3.41. The molecule has 0 saturated heterocycles. The molecule has 34 heavy (non-hydrogen) atoms. The van der Waals surface area contributed by atoms with Crippen LogP contribution in [0, 0.1) is 0 Å². The molecule has 0 fully saturated rings. The van der Waals surface area contributed by atoms with E-state index in [0.717, 1.165) is 24.9 Å². The van der Waals surface area contributed by atoms with Crippen molar-refractivity contribution in [1.82, 2.24) is 14.5 Å². The summed E-state index contributed by atoms with van der Waals surface area (Å²) in [7, 11) is 0. The van der Waals surface area contributed by atoms with Crippen LogP contribution in [-0.2, 0) is 6.42 Å². The van der Waals surface area contributed by atoms with Crippen LogP contribution in [0.15, 0.2) is 70.8 Å². The Kier molecular flexibility index (Phi) is 7.58. The minimum atomic E-state index is -0.329. The molecule has 4 rings (SSSR count). The zero-order valence-corrected chi connectivity index (χ0v) is 20.8. The monoisotopic (exact) mass is 473 g/mol. The first-order valence-corrected chi connectivity index (χ1v) is 12.9. The van der Waals surface area contributed by atoms with Gasteiger partial charge in [0.15, 0.2) is 0 Å². The lowest BCUT2D eigenvalue weighted by molar-refractivity contribution is 0.0661. The molecule has 0 aliphatic heterocycles. The first-order chi connectivity index (χ1) is 16.6. The normalized spacial score (nSPS) is 12.1. The summed E-state index contributed by atoms with van der Waals surface area (Å²) in [5.41, 5.74) is 2.52. The van der Waals surface area contributed by atoms with Gasteiger partial charge in [-0.1, -0.05) is 57.5 Å². The van der Waals surface area contributed by atoms with Crippen molar-refractivity contribution >= 4 is 28.1 Å². The largest absolute Gasteiger partial charge is 0.328 e. The molecule has 0 N–H and O–H groups in total. The van der Waals surface area contributed by atoms with Gasteiger partial charge in [-0.05, 0) is 60.5 Å². The van der Waals surface area contributed by atoms with Crippen LogP contribution < -0.4 is 5.56 Å². The smallest absolute Gasteiger partial charge is 0.266 e. The molecule has 176 valence electrons. The van der Waals surface area contributed by atoms with E-state index in [1.165, 1.54) is 16.9 Å². The summed E-state index contributed by atoms with van der Waals surface area (Å²) in [5.74, 6) is 0.599. The van der Waals surface area contributed by atoms with Crippen molar-refractivity contribution in [3.8, 4) is 5.69 Å². The van der Waals surface area contributed by atoms with Crippen LogP contribution in [0.3, 0.4) is 0 Å². The Morgan fingerprint density at radius 1 is 1.03 bits per heavy atom. The Labute approximate surface area is 204 Å². The number of aryl methyl sites for hydroxylation is 1. The fourth-order valence-corrected chi connectivity index (χ4v) is 4.99. The maximum atomic E-state index is 13.8. The third-order valence-corrected chi connectivity index (χ3v) is 7.07. The van der Waals surface area contributed by atoms with E-state index in [4.69, 9.17) is 4.98 Å². The highest BCUT2D eigenvalue weighted by atomic mass is 32.1. The van der Waals surface area contributed by atoms with Crippen LogP contribution in [0.2, 0.25) is 0 Å². The van der Waals surface area contributed by atoms with Gasteiger partial charge in [-0.3, -0.25) is 14.2 Å². The van der Waals surface area contributed by atoms with Crippen molar-refractivity contribution in [2.75, 3.05) is 6.54 Å².